The molecule has 0 aromatic heterocycles. The third-order valence-corrected chi connectivity index (χ3v) is 6.31. The fraction of sp³-hybridized carbons (Fsp3) is 0.375. The average molecular weight is 511 g/mol. The number of carbonyl (C=O) groups excluding carboxylic acids is 2. The van der Waals surface area contributed by atoms with Gasteiger partial charge in [0.05, 0.1) is 6.42 Å². The van der Waals surface area contributed by atoms with Gasteiger partial charge < -0.3 is 20.5 Å². The summed E-state index contributed by atoms with van der Waals surface area (Å²) in [5, 5.41) is 13.0. The Morgan fingerprint density at radius 2 is 1.60 bits per heavy atom. The van der Waals surface area contributed by atoms with Crippen LogP contribution in [0.25, 0.3) is 11.1 Å². The number of carboxylic acid groups (broad SMARTS) is 1. The molecule has 2 aromatic carbocycles. The summed E-state index contributed by atoms with van der Waals surface area (Å²) in [5.41, 5.74) is 3.74. The van der Waals surface area contributed by atoms with Crippen LogP contribution in [0, 0.1) is 0 Å². The van der Waals surface area contributed by atoms with Gasteiger partial charge in [-0.05, 0) is 40.7 Å². The number of halogens is 3. The van der Waals surface area contributed by atoms with Crippen molar-refractivity contribution in [3.63, 3.8) is 0 Å². The van der Waals surface area contributed by atoms with Crippen molar-refractivity contribution in [1.29, 1.82) is 0 Å². The Kier molecular flexibility index (Phi) is 8.66. The second-order valence-corrected chi connectivity index (χ2v) is 8.99. The van der Waals surface area contributed by atoms with E-state index in [2.05, 4.69) is 5.32 Å². The quantitative estimate of drug-likeness (QED) is 0.443. The predicted octanol–water partition coefficient (Wildman–Crippen LogP) is 4.17. The normalized spacial score (nSPS) is 14.4. The van der Waals surface area contributed by atoms with Gasteiger partial charge in [0.15, 0.2) is 0 Å². The van der Waals surface area contributed by atoms with Crippen LogP contribution >= 0.6 is 11.8 Å². The molecule has 0 saturated carbocycles. The van der Waals surface area contributed by atoms with Gasteiger partial charge in [-0.2, -0.15) is 24.9 Å². The van der Waals surface area contributed by atoms with Gasteiger partial charge in [0.25, 0.3) is 0 Å². The SMILES string of the molecule is CSCCC(NC(=O)CC(NC(=O)OCC1c2ccccc2-c2ccccc21)C(F)(F)F)C(=O)O. The van der Waals surface area contributed by atoms with Crippen LogP contribution in [0.2, 0.25) is 0 Å². The van der Waals surface area contributed by atoms with Gasteiger partial charge in [-0.3, -0.25) is 4.79 Å². The van der Waals surface area contributed by atoms with E-state index in [1.165, 1.54) is 11.8 Å². The summed E-state index contributed by atoms with van der Waals surface area (Å²) in [4.78, 5) is 35.7. The van der Waals surface area contributed by atoms with Crippen LogP contribution in [0.3, 0.4) is 0 Å². The van der Waals surface area contributed by atoms with E-state index in [0.717, 1.165) is 22.3 Å². The van der Waals surface area contributed by atoms with E-state index in [1.54, 1.807) is 11.6 Å². The molecule has 0 aliphatic heterocycles. The van der Waals surface area contributed by atoms with Crippen LogP contribution in [0.4, 0.5) is 18.0 Å². The van der Waals surface area contributed by atoms with Crippen molar-refractivity contribution >= 4 is 29.7 Å². The number of aliphatic carboxylic acids is 1. The number of carbonyl (C=O) groups is 3. The predicted molar refractivity (Wildman–Crippen MR) is 125 cm³/mol. The first-order chi connectivity index (χ1) is 16.6. The van der Waals surface area contributed by atoms with Gasteiger partial charge in [-0.1, -0.05) is 48.5 Å². The van der Waals surface area contributed by atoms with Crippen molar-refractivity contribution in [3.8, 4) is 11.1 Å². The summed E-state index contributed by atoms with van der Waals surface area (Å²) >= 11 is 1.34. The van der Waals surface area contributed by atoms with Gasteiger partial charge in [0, 0.05) is 5.92 Å². The molecule has 0 saturated heterocycles. The largest absolute Gasteiger partial charge is 0.480 e. The number of nitrogens with one attached hydrogen (secondary N) is 2. The second-order valence-electron chi connectivity index (χ2n) is 8.01. The highest BCUT2D eigenvalue weighted by Gasteiger charge is 2.43. The Morgan fingerprint density at radius 3 is 2.11 bits per heavy atom. The van der Waals surface area contributed by atoms with E-state index < -0.39 is 42.7 Å². The Labute approximate surface area is 204 Å². The van der Waals surface area contributed by atoms with Gasteiger partial charge in [0.2, 0.25) is 5.91 Å². The van der Waals surface area contributed by atoms with Crippen LogP contribution in [0.5, 0.6) is 0 Å². The Bertz CT molecular complexity index is 1030. The van der Waals surface area contributed by atoms with Crippen molar-refractivity contribution in [2.45, 2.75) is 37.0 Å². The van der Waals surface area contributed by atoms with Crippen LogP contribution in [-0.2, 0) is 14.3 Å². The molecule has 2 amide bonds. The molecule has 0 spiro atoms. The van der Waals surface area contributed by atoms with Crippen LogP contribution in [0.1, 0.15) is 29.9 Å². The fourth-order valence-corrected chi connectivity index (χ4v) is 4.43. The van der Waals surface area contributed by atoms with Crippen LogP contribution in [-0.4, -0.2) is 60.0 Å². The minimum atomic E-state index is -4.94. The number of amides is 2. The Morgan fingerprint density at radius 1 is 1.03 bits per heavy atom. The zero-order chi connectivity index (χ0) is 25.6. The lowest BCUT2D eigenvalue weighted by molar-refractivity contribution is -0.160. The number of hydrogen-bond acceptors (Lipinski definition) is 5. The number of alkyl carbamates (subject to hydrolysis) is 1. The lowest BCUT2D eigenvalue weighted by atomic mass is 9.98. The molecule has 1 aliphatic rings. The van der Waals surface area contributed by atoms with E-state index >= 15 is 0 Å². The van der Waals surface area contributed by atoms with Gasteiger partial charge in [0.1, 0.15) is 18.7 Å². The first kappa shape index (κ1) is 26.4. The molecule has 0 heterocycles. The number of rotatable bonds is 10. The molecular formula is C24H25F3N2O5S. The van der Waals surface area contributed by atoms with Crippen molar-refractivity contribution in [3.05, 3.63) is 59.7 Å². The average Bonchev–Trinajstić information content (AvgIpc) is 3.13. The summed E-state index contributed by atoms with van der Waals surface area (Å²) in [6.07, 6.45) is -5.64. The summed E-state index contributed by atoms with van der Waals surface area (Å²) in [6, 6.07) is 11.2. The minimum Gasteiger partial charge on any atom is -0.480 e. The number of thioether (sulfide) groups is 1. The Balaban J connectivity index is 1.62. The highest BCUT2D eigenvalue weighted by Crippen LogP contribution is 2.44. The number of benzene rings is 2. The fourth-order valence-electron chi connectivity index (χ4n) is 3.96. The molecule has 1 aliphatic carbocycles. The van der Waals surface area contributed by atoms with Crippen molar-refractivity contribution in [2.75, 3.05) is 18.6 Å². The van der Waals surface area contributed by atoms with Gasteiger partial charge in [-0.15, -0.1) is 0 Å². The minimum absolute atomic E-state index is 0.0543. The lowest BCUT2D eigenvalue weighted by Crippen LogP contribution is -2.50. The van der Waals surface area contributed by atoms with Gasteiger partial charge in [-0.25, -0.2) is 9.59 Å². The van der Waals surface area contributed by atoms with E-state index in [-0.39, 0.29) is 18.9 Å². The second kappa shape index (κ2) is 11.5. The molecule has 0 fully saturated rings. The molecule has 2 aromatic rings. The highest BCUT2D eigenvalue weighted by atomic mass is 32.2. The third-order valence-electron chi connectivity index (χ3n) is 5.66. The molecular weight excluding hydrogens is 485 g/mol. The zero-order valence-corrected chi connectivity index (χ0v) is 19.6. The molecule has 0 radical (unpaired) electrons. The number of hydrogen-bond donors (Lipinski definition) is 3. The van der Waals surface area contributed by atoms with Crippen LogP contribution in [0.15, 0.2) is 48.5 Å². The number of fused-ring (bicyclic) bond motifs is 3. The standard InChI is InChI=1S/C24H25F3N2O5S/c1-35-11-10-19(22(31)32)28-21(30)12-20(24(25,26)27)29-23(33)34-13-18-16-8-4-2-6-14(16)15-7-3-5-9-17(15)18/h2-9,18-20H,10-13H2,1H3,(H,28,30)(H,29,33)(H,31,32). The van der Waals surface area contributed by atoms with E-state index in [9.17, 15) is 27.6 Å². The van der Waals surface area contributed by atoms with Crippen LogP contribution < -0.4 is 10.6 Å². The Hall–Kier alpha value is -3.21. The first-order valence-electron chi connectivity index (χ1n) is 10.8. The molecule has 3 rings (SSSR count). The molecule has 35 heavy (non-hydrogen) atoms. The molecule has 11 heteroatoms. The topological polar surface area (TPSA) is 105 Å². The summed E-state index contributed by atoms with van der Waals surface area (Å²) in [6.45, 7) is -0.188. The molecule has 3 N–H and O–H groups in total. The highest BCUT2D eigenvalue weighted by molar-refractivity contribution is 7.98. The number of ether oxygens (including phenoxy) is 1. The number of alkyl halides is 3. The first-order valence-corrected chi connectivity index (χ1v) is 12.2. The maximum atomic E-state index is 13.5. The summed E-state index contributed by atoms with van der Waals surface area (Å²) in [7, 11) is 0. The molecule has 188 valence electrons. The monoisotopic (exact) mass is 510 g/mol. The van der Waals surface area contributed by atoms with Crippen molar-refractivity contribution < 1.29 is 37.4 Å². The van der Waals surface area contributed by atoms with E-state index in [4.69, 9.17) is 9.84 Å². The third kappa shape index (κ3) is 6.68. The van der Waals surface area contributed by atoms with Crippen molar-refractivity contribution in [2.24, 2.45) is 0 Å². The van der Waals surface area contributed by atoms with Gasteiger partial charge >= 0.3 is 18.2 Å². The van der Waals surface area contributed by atoms with Crippen molar-refractivity contribution in [1.82, 2.24) is 10.6 Å². The molecule has 7 nitrogen and oxygen atoms in total. The summed E-state index contributed by atoms with van der Waals surface area (Å²) < 4.78 is 45.7. The maximum Gasteiger partial charge on any atom is 0.409 e. The smallest absolute Gasteiger partial charge is 0.409 e. The molecule has 2 unspecified atom stereocenters. The zero-order valence-electron chi connectivity index (χ0n) is 18.8. The lowest BCUT2D eigenvalue weighted by Gasteiger charge is -2.23. The summed E-state index contributed by atoms with van der Waals surface area (Å²) in [5.74, 6) is -2.42. The molecule has 2 atom stereocenters. The van der Waals surface area contributed by atoms with E-state index in [1.807, 2.05) is 48.5 Å². The maximum absolute atomic E-state index is 13.5. The molecule has 0 bridgehead atoms. The number of carboxylic acids is 1. The van der Waals surface area contributed by atoms with E-state index in [0.29, 0.717) is 5.75 Å².